The van der Waals surface area contributed by atoms with Crippen molar-refractivity contribution in [3.8, 4) is 0 Å². The van der Waals surface area contributed by atoms with Crippen LogP contribution in [-0.2, 0) is 4.79 Å². The van der Waals surface area contributed by atoms with Gasteiger partial charge in [0.15, 0.2) is 0 Å². The zero-order valence-corrected chi connectivity index (χ0v) is 14.3. The standard InChI is InChI=1S/C15H21BrN2OS/c1-17-13(14-8-12(16)10-20-14)7-11(15(17)19)9-18-5-3-2-4-6-18/h8,10-11,13H,2-7,9H2,1H3. The molecule has 3 heterocycles. The number of carbonyl (C=O) groups excluding carboxylic acids is 1. The molecule has 1 aromatic heterocycles. The zero-order valence-electron chi connectivity index (χ0n) is 11.8. The van der Waals surface area contributed by atoms with Crippen molar-refractivity contribution in [1.29, 1.82) is 0 Å². The number of halogens is 1. The van der Waals surface area contributed by atoms with Crippen molar-refractivity contribution in [3.05, 3.63) is 20.8 Å². The van der Waals surface area contributed by atoms with Crippen molar-refractivity contribution in [3.63, 3.8) is 0 Å². The molecule has 2 unspecified atom stereocenters. The van der Waals surface area contributed by atoms with Crippen molar-refractivity contribution in [2.75, 3.05) is 26.7 Å². The number of thiophene rings is 1. The van der Waals surface area contributed by atoms with Gasteiger partial charge in [-0.05, 0) is 54.3 Å². The van der Waals surface area contributed by atoms with Crippen molar-refractivity contribution in [2.24, 2.45) is 5.92 Å². The molecule has 0 saturated carbocycles. The second-order valence-corrected chi connectivity index (χ2v) is 7.78. The van der Waals surface area contributed by atoms with Crippen molar-refractivity contribution >= 4 is 33.2 Å². The third-order valence-corrected chi connectivity index (χ3v) is 6.31. The lowest BCUT2D eigenvalue weighted by Gasteiger charge is -2.28. The van der Waals surface area contributed by atoms with Gasteiger partial charge in [-0.1, -0.05) is 6.42 Å². The van der Waals surface area contributed by atoms with Gasteiger partial charge >= 0.3 is 0 Å². The lowest BCUT2D eigenvalue weighted by atomic mass is 10.0. The molecule has 2 atom stereocenters. The van der Waals surface area contributed by atoms with Crippen LogP contribution in [-0.4, -0.2) is 42.4 Å². The lowest BCUT2D eigenvalue weighted by molar-refractivity contribution is -0.131. The highest BCUT2D eigenvalue weighted by Crippen LogP contribution is 2.39. The number of hydrogen-bond acceptors (Lipinski definition) is 3. The quantitative estimate of drug-likeness (QED) is 0.827. The summed E-state index contributed by atoms with van der Waals surface area (Å²) in [5, 5.41) is 2.10. The predicted molar refractivity (Wildman–Crippen MR) is 85.9 cm³/mol. The third-order valence-electron chi connectivity index (χ3n) is 4.52. The summed E-state index contributed by atoms with van der Waals surface area (Å²) >= 11 is 5.25. The molecule has 0 aliphatic carbocycles. The van der Waals surface area contributed by atoms with E-state index in [1.54, 1.807) is 11.3 Å². The molecule has 0 aromatic carbocycles. The van der Waals surface area contributed by atoms with Crippen LogP contribution in [0.5, 0.6) is 0 Å². The van der Waals surface area contributed by atoms with E-state index in [-0.39, 0.29) is 12.0 Å². The summed E-state index contributed by atoms with van der Waals surface area (Å²) in [6.07, 6.45) is 4.90. The maximum absolute atomic E-state index is 12.5. The highest BCUT2D eigenvalue weighted by atomic mass is 79.9. The van der Waals surface area contributed by atoms with Gasteiger partial charge in [0, 0.05) is 28.3 Å². The average Bonchev–Trinajstić information content (AvgIpc) is 2.99. The van der Waals surface area contributed by atoms with Gasteiger partial charge in [0.1, 0.15) is 0 Å². The van der Waals surface area contributed by atoms with Crippen molar-refractivity contribution in [2.45, 2.75) is 31.7 Å². The van der Waals surface area contributed by atoms with Crippen LogP contribution in [0, 0.1) is 5.92 Å². The van der Waals surface area contributed by atoms with E-state index in [1.807, 2.05) is 11.9 Å². The van der Waals surface area contributed by atoms with Gasteiger partial charge in [-0.3, -0.25) is 4.79 Å². The summed E-state index contributed by atoms with van der Waals surface area (Å²) in [6.45, 7) is 3.29. The van der Waals surface area contributed by atoms with Crippen LogP contribution in [0.2, 0.25) is 0 Å². The van der Waals surface area contributed by atoms with Gasteiger partial charge in [0.2, 0.25) is 5.91 Å². The van der Waals surface area contributed by atoms with E-state index >= 15 is 0 Å². The molecule has 5 heteroatoms. The fraction of sp³-hybridized carbons (Fsp3) is 0.667. The van der Waals surface area contributed by atoms with Gasteiger partial charge in [0.25, 0.3) is 0 Å². The smallest absolute Gasteiger partial charge is 0.227 e. The Morgan fingerprint density at radius 2 is 2.10 bits per heavy atom. The minimum atomic E-state index is 0.184. The molecule has 110 valence electrons. The molecule has 2 aliphatic rings. The van der Waals surface area contributed by atoms with E-state index in [0.29, 0.717) is 5.91 Å². The van der Waals surface area contributed by atoms with E-state index in [9.17, 15) is 4.79 Å². The van der Waals surface area contributed by atoms with Gasteiger partial charge in [0.05, 0.1) is 12.0 Å². The minimum Gasteiger partial charge on any atom is -0.338 e. The Labute approximate surface area is 133 Å². The molecule has 2 fully saturated rings. The monoisotopic (exact) mass is 356 g/mol. The predicted octanol–water partition coefficient (Wildman–Crippen LogP) is 3.52. The Bertz CT molecular complexity index is 484. The Morgan fingerprint density at radius 1 is 1.35 bits per heavy atom. The fourth-order valence-electron chi connectivity index (χ4n) is 3.39. The van der Waals surface area contributed by atoms with Crippen LogP contribution in [0.1, 0.15) is 36.6 Å². The summed E-state index contributed by atoms with van der Waals surface area (Å²) in [6, 6.07) is 2.43. The maximum atomic E-state index is 12.5. The molecule has 20 heavy (non-hydrogen) atoms. The fourth-order valence-corrected chi connectivity index (χ4v) is 4.99. The molecular formula is C15H21BrN2OS. The number of rotatable bonds is 3. The number of amides is 1. The normalized spacial score (nSPS) is 28.3. The molecule has 3 nitrogen and oxygen atoms in total. The van der Waals surface area contributed by atoms with Crippen LogP contribution in [0.4, 0.5) is 0 Å². The third kappa shape index (κ3) is 2.95. The zero-order chi connectivity index (χ0) is 14.1. The number of carbonyl (C=O) groups is 1. The maximum Gasteiger partial charge on any atom is 0.227 e. The minimum absolute atomic E-state index is 0.184. The molecule has 0 spiro atoms. The lowest BCUT2D eigenvalue weighted by Crippen LogP contribution is -2.36. The summed E-state index contributed by atoms with van der Waals surface area (Å²) < 4.78 is 1.12. The van der Waals surface area contributed by atoms with E-state index in [0.717, 1.165) is 17.4 Å². The topological polar surface area (TPSA) is 23.6 Å². The van der Waals surface area contributed by atoms with Crippen molar-refractivity contribution in [1.82, 2.24) is 9.80 Å². The largest absolute Gasteiger partial charge is 0.338 e. The first-order valence-electron chi connectivity index (χ1n) is 7.38. The van der Waals surface area contributed by atoms with Gasteiger partial charge in [-0.15, -0.1) is 11.3 Å². The molecule has 1 aromatic rings. The first kappa shape index (κ1) is 14.5. The summed E-state index contributed by atoms with van der Waals surface area (Å²) in [5.41, 5.74) is 0. The molecule has 2 saturated heterocycles. The van der Waals surface area contributed by atoms with Crippen LogP contribution >= 0.6 is 27.3 Å². The number of piperidine rings is 1. The van der Waals surface area contributed by atoms with Crippen molar-refractivity contribution < 1.29 is 4.79 Å². The Kier molecular flexibility index (Phi) is 4.48. The molecule has 0 radical (unpaired) electrons. The molecular weight excluding hydrogens is 336 g/mol. The average molecular weight is 357 g/mol. The molecule has 0 N–H and O–H groups in total. The first-order valence-corrected chi connectivity index (χ1v) is 9.05. The van der Waals surface area contributed by atoms with E-state index in [1.165, 1.54) is 37.2 Å². The van der Waals surface area contributed by atoms with Crippen LogP contribution in [0.15, 0.2) is 15.9 Å². The summed E-state index contributed by atoms with van der Waals surface area (Å²) in [4.78, 5) is 18.2. The SMILES string of the molecule is CN1C(=O)C(CN2CCCCC2)CC1c1cc(Br)cs1. The number of likely N-dealkylation sites (tertiary alicyclic amines) is 2. The number of nitrogens with zero attached hydrogens (tertiary/aromatic N) is 2. The van der Waals surface area contributed by atoms with Gasteiger partial charge in [-0.2, -0.15) is 0 Å². The van der Waals surface area contributed by atoms with Crippen LogP contribution in [0.3, 0.4) is 0 Å². The molecule has 1 amide bonds. The van der Waals surface area contributed by atoms with Crippen LogP contribution < -0.4 is 0 Å². The summed E-state index contributed by atoms with van der Waals surface area (Å²) in [7, 11) is 1.96. The second-order valence-electron chi connectivity index (χ2n) is 5.93. The second kappa shape index (κ2) is 6.16. The van der Waals surface area contributed by atoms with E-state index in [2.05, 4.69) is 32.3 Å². The van der Waals surface area contributed by atoms with Gasteiger partial charge in [-0.25, -0.2) is 0 Å². The number of hydrogen-bond donors (Lipinski definition) is 0. The summed E-state index contributed by atoms with van der Waals surface area (Å²) in [5.74, 6) is 0.508. The molecule has 2 aliphatic heterocycles. The highest BCUT2D eigenvalue weighted by molar-refractivity contribution is 9.10. The Hall–Kier alpha value is -0.390. The first-order chi connectivity index (χ1) is 9.65. The van der Waals surface area contributed by atoms with Crippen LogP contribution in [0.25, 0.3) is 0 Å². The Balaban J connectivity index is 1.67. The van der Waals surface area contributed by atoms with E-state index < -0.39 is 0 Å². The highest BCUT2D eigenvalue weighted by Gasteiger charge is 2.39. The van der Waals surface area contributed by atoms with Gasteiger partial charge < -0.3 is 9.80 Å². The Morgan fingerprint density at radius 3 is 2.75 bits per heavy atom. The van der Waals surface area contributed by atoms with E-state index in [4.69, 9.17) is 0 Å². The molecule has 0 bridgehead atoms. The molecule has 3 rings (SSSR count).